The van der Waals surface area contributed by atoms with Gasteiger partial charge in [-0.05, 0) is 17.7 Å². The smallest absolute Gasteiger partial charge is 0.119 e. The minimum Gasteiger partial charge on any atom is -0.492 e. The normalized spacial score (nSPS) is 16.6. The van der Waals surface area contributed by atoms with Crippen molar-refractivity contribution in [2.24, 2.45) is 0 Å². The van der Waals surface area contributed by atoms with E-state index in [-0.39, 0.29) is 0 Å². The molecule has 1 fully saturated rings. The Bertz CT molecular complexity index is 392. The second kappa shape index (κ2) is 8.55. The van der Waals surface area contributed by atoms with Gasteiger partial charge >= 0.3 is 0 Å². The number of hydrogen-bond acceptors (Lipinski definition) is 4. The fourth-order valence-electron chi connectivity index (χ4n) is 2.18. The Kier molecular flexibility index (Phi) is 6.70. The highest BCUT2D eigenvalue weighted by Gasteiger charge is 2.09. The Morgan fingerprint density at radius 1 is 1.30 bits per heavy atom. The first-order valence-electron chi connectivity index (χ1n) is 7.49. The average molecular weight is 294 g/mol. The van der Waals surface area contributed by atoms with Gasteiger partial charge in [0.1, 0.15) is 12.4 Å². The molecule has 3 nitrogen and oxygen atoms in total. The molecule has 1 N–H and O–H groups in total. The van der Waals surface area contributed by atoms with Gasteiger partial charge in [0, 0.05) is 43.7 Å². The molecule has 1 aromatic carbocycles. The lowest BCUT2D eigenvalue weighted by atomic mass is 10.2. The highest BCUT2D eigenvalue weighted by molar-refractivity contribution is 7.99. The SMILES string of the molecule is CC(C)NCc1cccc(OCCN2CCSCC2)c1. The van der Waals surface area contributed by atoms with E-state index in [1.54, 1.807) is 0 Å². The van der Waals surface area contributed by atoms with Crippen molar-refractivity contribution in [3.8, 4) is 5.75 Å². The van der Waals surface area contributed by atoms with Crippen LogP contribution in [0.1, 0.15) is 19.4 Å². The van der Waals surface area contributed by atoms with Crippen LogP contribution in [0.4, 0.5) is 0 Å². The number of benzene rings is 1. The van der Waals surface area contributed by atoms with Gasteiger partial charge in [-0.3, -0.25) is 4.90 Å². The molecular weight excluding hydrogens is 268 g/mol. The van der Waals surface area contributed by atoms with Crippen molar-refractivity contribution in [3.05, 3.63) is 29.8 Å². The molecule has 1 aromatic rings. The lowest BCUT2D eigenvalue weighted by Gasteiger charge is -2.25. The molecule has 4 heteroatoms. The number of rotatable bonds is 7. The van der Waals surface area contributed by atoms with Crippen LogP contribution in [0.2, 0.25) is 0 Å². The van der Waals surface area contributed by atoms with Crippen molar-refractivity contribution in [2.75, 3.05) is 37.7 Å². The van der Waals surface area contributed by atoms with E-state index in [0.717, 1.165) is 25.4 Å². The van der Waals surface area contributed by atoms with Gasteiger partial charge in [-0.2, -0.15) is 11.8 Å². The van der Waals surface area contributed by atoms with E-state index in [0.29, 0.717) is 6.04 Å². The van der Waals surface area contributed by atoms with Gasteiger partial charge in [0.05, 0.1) is 0 Å². The molecule has 112 valence electrons. The number of nitrogens with zero attached hydrogens (tertiary/aromatic N) is 1. The summed E-state index contributed by atoms with van der Waals surface area (Å²) in [6.45, 7) is 9.45. The maximum atomic E-state index is 5.88. The number of hydrogen-bond donors (Lipinski definition) is 1. The van der Waals surface area contributed by atoms with E-state index in [9.17, 15) is 0 Å². The molecule has 20 heavy (non-hydrogen) atoms. The summed E-state index contributed by atoms with van der Waals surface area (Å²) in [5.41, 5.74) is 1.28. The summed E-state index contributed by atoms with van der Waals surface area (Å²) >= 11 is 2.05. The number of nitrogens with one attached hydrogen (secondary N) is 1. The highest BCUT2D eigenvalue weighted by Crippen LogP contribution is 2.14. The van der Waals surface area contributed by atoms with Crippen LogP contribution in [0.5, 0.6) is 5.75 Å². The lowest BCUT2D eigenvalue weighted by molar-refractivity contribution is 0.222. The van der Waals surface area contributed by atoms with Crippen molar-refractivity contribution in [1.82, 2.24) is 10.2 Å². The molecule has 0 aliphatic carbocycles. The Labute approximate surface area is 127 Å². The first-order chi connectivity index (χ1) is 9.74. The lowest BCUT2D eigenvalue weighted by Crippen LogP contribution is -2.35. The Morgan fingerprint density at radius 2 is 2.10 bits per heavy atom. The quantitative estimate of drug-likeness (QED) is 0.835. The van der Waals surface area contributed by atoms with E-state index in [4.69, 9.17) is 4.74 Å². The summed E-state index contributed by atoms with van der Waals surface area (Å²) in [7, 11) is 0. The van der Waals surface area contributed by atoms with Crippen molar-refractivity contribution >= 4 is 11.8 Å². The molecule has 0 radical (unpaired) electrons. The Hall–Kier alpha value is -0.710. The van der Waals surface area contributed by atoms with Crippen LogP contribution in [0, 0.1) is 0 Å². The molecule has 0 atom stereocenters. The van der Waals surface area contributed by atoms with Crippen molar-refractivity contribution in [3.63, 3.8) is 0 Å². The van der Waals surface area contributed by atoms with Crippen LogP contribution in [0.25, 0.3) is 0 Å². The van der Waals surface area contributed by atoms with Crippen LogP contribution in [0.15, 0.2) is 24.3 Å². The molecule has 0 amide bonds. The number of thioether (sulfide) groups is 1. The second-order valence-electron chi connectivity index (χ2n) is 5.49. The average Bonchev–Trinajstić information content (AvgIpc) is 2.47. The molecule has 0 spiro atoms. The molecule has 1 saturated heterocycles. The summed E-state index contributed by atoms with van der Waals surface area (Å²) in [6, 6.07) is 8.91. The Balaban J connectivity index is 1.73. The molecule has 0 unspecified atom stereocenters. The highest BCUT2D eigenvalue weighted by atomic mass is 32.2. The van der Waals surface area contributed by atoms with Crippen LogP contribution in [-0.4, -0.2) is 48.7 Å². The van der Waals surface area contributed by atoms with Gasteiger partial charge in [0.2, 0.25) is 0 Å². The van der Waals surface area contributed by atoms with E-state index in [1.807, 2.05) is 17.8 Å². The first kappa shape index (κ1) is 15.7. The van der Waals surface area contributed by atoms with E-state index in [1.165, 1.54) is 30.2 Å². The maximum absolute atomic E-state index is 5.88. The van der Waals surface area contributed by atoms with Gasteiger partial charge < -0.3 is 10.1 Å². The van der Waals surface area contributed by atoms with Gasteiger partial charge in [-0.1, -0.05) is 26.0 Å². The zero-order valence-corrected chi connectivity index (χ0v) is 13.4. The summed E-state index contributed by atoms with van der Waals surface area (Å²) < 4.78 is 5.88. The second-order valence-corrected chi connectivity index (χ2v) is 6.71. The molecule has 0 bridgehead atoms. The van der Waals surface area contributed by atoms with E-state index < -0.39 is 0 Å². The summed E-state index contributed by atoms with van der Waals surface area (Å²) in [6.07, 6.45) is 0. The zero-order valence-electron chi connectivity index (χ0n) is 12.6. The van der Waals surface area contributed by atoms with Crippen LogP contribution in [0.3, 0.4) is 0 Å². The predicted molar refractivity (Wildman–Crippen MR) is 87.7 cm³/mol. The predicted octanol–water partition coefficient (Wildman–Crippen LogP) is 2.61. The van der Waals surface area contributed by atoms with Gasteiger partial charge in [-0.25, -0.2) is 0 Å². The monoisotopic (exact) mass is 294 g/mol. The standard InChI is InChI=1S/C16H26N2OS/c1-14(2)17-13-15-4-3-5-16(12-15)19-9-6-18-7-10-20-11-8-18/h3-5,12,14,17H,6-11,13H2,1-2H3. The van der Waals surface area contributed by atoms with Gasteiger partial charge in [0.15, 0.2) is 0 Å². The number of ether oxygens (including phenoxy) is 1. The largest absolute Gasteiger partial charge is 0.492 e. The molecule has 0 saturated carbocycles. The third-order valence-corrected chi connectivity index (χ3v) is 4.34. The maximum Gasteiger partial charge on any atom is 0.119 e. The summed E-state index contributed by atoms with van der Waals surface area (Å²) in [5, 5.41) is 3.43. The topological polar surface area (TPSA) is 24.5 Å². The minimum absolute atomic E-state index is 0.511. The molecule has 2 rings (SSSR count). The van der Waals surface area contributed by atoms with Gasteiger partial charge in [-0.15, -0.1) is 0 Å². The van der Waals surface area contributed by atoms with E-state index >= 15 is 0 Å². The van der Waals surface area contributed by atoms with Crippen molar-refractivity contribution < 1.29 is 4.74 Å². The zero-order chi connectivity index (χ0) is 14.2. The first-order valence-corrected chi connectivity index (χ1v) is 8.65. The van der Waals surface area contributed by atoms with E-state index in [2.05, 4.69) is 42.3 Å². The molecular formula is C16H26N2OS. The van der Waals surface area contributed by atoms with Crippen LogP contribution < -0.4 is 10.1 Å². The molecule has 1 heterocycles. The van der Waals surface area contributed by atoms with Crippen molar-refractivity contribution in [1.29, 1.82) is 0 Å². The molecule has 0 aromatic heterocycles. The fraction of sp³-hybridized carbons (Fsp3) is 0.625. The Morgan fingerprint density at radius 3 is 2.85 bits per heavy atom. The third kappa shape index (κ3) is 5.73. The van der Waals surface area contributed by atoms with Gasteiger partial charge in [0.25, 0.3) is 0 Å². The van der Waals surface area contributed by atoms with Crippen molar-refractivity contribution in [2.45, 2.75) is 26.4 Å². The molecule has 1 aliphatic rings. The fourth-order valence-corrected chi connectivity index (χ4v) is 3.16. The minimum atomic E-state index is 0.511. The third-order valence-electron chi connectivity index (χ3n) is 3.39. The van der Waals surface area contributed by atoms with Crippen LogP contribution >= 0.6 is 11.8 Å². The summed E-state index contributed by atoms with van der Waals surface area (Å²) in [5.74, 6) is 3.51. The summed E-state index contributed by atoms with van der Waals surface area (Å²) in [4.78, 5) is 2.49. The molecule has 1 aliphatic heterocycles. The van der Waals surface area contributed by atoms with Crippen LogP contribution in [-0.2, 0) is 6.54 Å².